The topological polar surface area (TPSA) is 0 Å². The first kappa shape index (κ1) is 17.8. The monoisotopic (exact) mass is 340 g/mol. The first-order valence-corrected chi connectivity index (χ1v) is 9.31. The Bertz CT molecular complexity index is 738. The van der Waals surface area contributed by atoms with Gasteiger partial charge in [0.2, 0.25) is 0 Å². The summed E-state index contributed by atoms with van der Waals surface area (Å²) in [5, 5.41) is 0. The van der Waals surface area contributed by atoms with Gasteiger partial charge < -0.3 is 0 Å². The van der Waals surface area contributed by atoms with E-state index in [0.717, 1.165) is 38.5 Å². The van der Waals surface area contributed by atoms with Gasteiger partial charge in [-0.3, -0.25) is 0 Å². The Kier molecular flexibility index (Phi) is 5.67. The predicted octanol–water partition coefficient (Wildman–Crippen LogP) is 6.31. The van der Waals surface area contributed by atoms with Crippen LogP contribution in [-0.4, -0.2) is 0 Å². The van der Waals surface area contributed by atoms with Crippen LogP contribution in [0, 0.1) is 11.6 Å². The maximum absolute atomic E-state index is 14.6. The molecular formula is C23H26F2. The van der Waals surface area contributed by atoms with Gasteiger partial charge in [-0.2, -0.15) is 0 Å². The van der Waals surface area contributed by atoms with Gasteiger partial charge in [-0.1, -0.05) is 37.6 Å². The molecule has 0 amide bonds. The van der Waals surface area contributed by atoms with Crippen LogP contribution in [0.5, 0.6) is 0 Å². The van der Waals surface area contributed by atoms with Crippen molar-refractivity contribution in [1.82, 2.24) is 0 Å². The highest BCUT2D eigenvalue weighted by atomic mass is 19.1. The van der Waals surface area contributed by atoms with Crippen LogP contribution in [0.3, 0.4) is 0 Å². The lowest BCUT2D eigenvalue weighted by atomic mass is 9.79. The standard InChI is InChI=1S/C23H26F2/c1-3-5-7-17-13-21(24)23(22(25)14-17)20-11-10-18-12-16(6-4-2)8-9-19(18)15-20/h3,8-9,12-14,20H,1,4-7,10-11,15H2,2H3. The molecule has 0 heterocycles. The van der Waals surface area contributed by atoms with Gasteiger partial charge in [-0.15, -0.1) is 6.58 Å². The van der Waals surface area contributed by atoms with Crippen molar-refractivity contribution in [1.29, 1.82) is 0 Å². The molecule has 2 aromatic rings. The highest BCUT2D eigenvalue weighted by Crippen LogP contribution is 2.36. The normalized spacial score (nSPS) is 16.5. The number of rotatable bonds is 6. The number of halogens is 2. The zero-order valence-corrected chi connectivity index (χ0v) is 15.0. The number of benzene rings is 2. The Hall–Kier alpha value is -1.96. The quantitative estimate of drug-likeness (QED) is 0.541. The predicted molar refractivity (Wildman–Crippen MR) is 100 cm³/mol. The van der Waals surface area contributed by atoms with Crippen LogP contribution < -0.4 is 0 Å². The molecule has 0 N–H and O–H groups in total. The van der Waals surface area contributed by atoms with Gasteiger partial charge in [0.25, 0.3) is 0 Å². The number of hydrogen-bond donors (Lipinski definition) is 0. The van der Waals surface area contributed by atoms with E-state index in [1.807, 2.05) is 0 Å². The van der Waals surface area contributed by atoms with Crippen LogP contribution in [0.4, 0.5) is 8.78 Å². The summed E-state index contributed by atoms with van der Waals surface area (Å²) < 4.78 is 29.2. The molecule has 0 bridgehead atoms. The SMILES string of the molecule is C=CCCc1cc(F)c(C2CCc3cc(CCC)ccc3C2)c(F)c1. The molecule has 3 rings (SSSR count). The second kappa shape index (κ2) is 7.95. The lowest BCUT2D eigenvalue weighted by molar-refractivity contribution is 0.489. The second-order valence-corrected chi connectivity index (χ2v) is 7.09. The van der Waals surface area contributed by atoms with E-state index in [9.17, 15) is 8.78 Å². The van der Waals surface area contributed by atoms with E-state index >= 15 is 0 Å². The first-order valence-electron chi connectivity index (χ1n) is 9.31. The van der Waals surface area contributed by atoms with Crippen molar-refractivity contribution < 1.29 is 8.78 Å². The minimum Gasteiger partial charge on any atom is -0.207 e. The maximum atomic E-state index is 14.6. The summed E-state index contributed by atoms with van der Waals surface area (Å²) in [6.45, 7) is 5.84. The molecule has 2 heteroatoms. The second-order valence-electron chi connectivity index (χ2n) is 7.09. The smallest absolute Gasteiger partial charge is 0.129 e. The van der Waals surface area contributed by atoms with Crippen molar-refractivity contribution >= 4 is 0 Å². The zero-order chi connectivity index (χ0) is 17.8. The number of fused-ring (bicyclic) bond motifs is 1. The first-order chi connectivity index (χ1) is 12.1. The van der Waals surface area contributed by atoms with E-state index in [-0.39, 0.29) is 11.5 Å². The van der Waals surface area contributed by atoms with E-state index in [4.69, 9.17) is 0 Å². The summed E-state index contributed by atoms with van der Waals surface area (Å²) in [5.41, 5.74) is 4.93. The van der Waals surface area contributed by atoms with Gasteiger partial charge in [0, 0.05) is 5.56 Å². The summed E-state index contributed by atoms with van der Waals surface area (Å²) in [4.78, 5) is 0. The fourth-order valence-electron chi connectivity index (χ4n) is 3.94. The van der Waals surface area contributed by atoms with Crippen LogP contribution in [0.1, 0.15) is 59.9 Å². The Morgan fingerprint density at radius 1 is 1.04 bits per heavy atom. The molecule has 132 valence electrons. The molecule has 1 aliphatic carbocycles. The fourth-order valence-corrected chi connectivity index (χ4v) is 3.94. The summed E-state index contributed by atoms with van der Waals surface area (Å²) in [7, 11) is 0. The van der Waals surface area contributed by atoms with Crippen LogP contribution in [-0.2, 0) is 25.7 Å². The van der Waals surface area contributed by atoms with E-state index in [1.165, 1.54) is 28.8 Å². The molecule has 1 unspecified atom stereocenters. The van der Waals surface area contributed by atoms with Crippen molar-refractivity contribution in [3.63, 3.8) is 0 Å². The van der Waals surface area contributed by atoms with Gasteiger partial charge in [0.05, 0.1) is 0 Å². The lowest BCUT2D eigenvalue weighted by Gasteiger charge is -2.26. The van der Waals surface area contributed by atoms with Crippen LogP contribution >= 0.6 is 0 Å². The lowest BCUT2D eigenvalue weighted by Crippen LogP contribution is -2.16. The van der Waals surface area contributed by atoms with Crippen molar-refractivity contribution in [2.45, 2.75) is 57.8 Å². The molecule has 0 fully saturated rings. The van der Waals surface area contributed by atoms with Gasteiger partial charge >= 0.3 is 0 Å². The minimum atomic E-state index is -0.393. The van der Waals surface area contributed by atoms with E-state index < -0.39 is 11.6 Å². The maximum Gasteiger partial charge on any atom is 0.129 e. The zero-order valence-electron chi connectivity index (χ0n) is 15.0. The molecule has 2 aromatic carbocycles. The van der Waals surface area contributed by atoms with E-state index in [1.54, 1.807) is 6.08 Å². The van der Waals surface area contributed by atoms with Gasteiger partial charge in [-0.05, 0) is 78.8 Å². The van der Waals surface area contributed by atoms with E-state index in [2.05, 4.69) is 31.7 Å². The van der Waals surface area contributed by atoms with Crippen molar-refractivity contribution in [2.24, 2.45) is 0 Å². The van der Waals surface area contributed by atoms with Crippen molar-refractivity contribution in [3.8, 4) is 0 Å². The fraction of sp³-hybridized carbons (Fsp3) is 0.391. The van der Waals surface area contributed by atoms with Crippen molar-refractivity contribution in [3.05, 3.63) is 82.4 Å². The van der Waals surface area contributed by atoms with Crippen LogP contribution in [0.2, 0.25) is 0 Å². The Balaban J connectivity index is 1.83. The Morgan fingerprint density at radius 3 is 2.48 bits per heavy atom. The number of aryl methyl sites for hydroxylation is 3. The summed E-state index contributed by atoms with van der Waals surface area (Å²) in [6.07, 6.45) is 7.79. The molecule has 0 radical (unpaired) electrons. The third-order valence-electron chi connectivity index (χ3n) is 5.22. The average molecular weight is 340 g/mol. The highest BCUT2D eigenvalue weighted by Gasteiger charge is 2.26. The van der Waals surface area contributed by atoms with Gasteiger partial charge in [0.15, 0.2) is 0 Å². The third kappa shape index (κ3) is 4.00. The molecule has 1 aliphatic rings. The average Bonchev–Trinajstić information content (AvgIpc) is 2.59. The van der Waals surface area contributed by atoms with Gasteiger partial charge in [0.1, 0.15) is 11.6 Å². The van der Waals surface area contributed by atoms with Crippen LogP contribution in [0.15, 0.2) is 43.0 Å². The molecule has 25 heavy (non-hydrogen) atoms. The number of hydrogen-bond acceptors (Lipinski definition) is 0. The molecule has 0 nitrogen and oxygen atoms in total. The molecule has 1 atom stereocenters. The molecule has 0 saturated carbocycles. The third-order valence-corrected chi connectivity index (χ3v) is 5.22. The summed E-state index contributed by atoms with van der Waals surface area (Å²) in [5.74, 6) is -0.858. The van der Waals surface area contributed by atoms with Crippen molar-refractivity contribution in [2.75, 3.05) is 0 Å². The minimum absolute atomic E-state index is 0.0713. The molecular weight excluding hydrogens is 314 g/mol. The summed E-state index contributed by atoms with van der Waals surface area (Å²) in [6, 6.07) is 9.60. The largest absolute Gasteiger partial charge is 0.207 e. The summed E-state index contributed by atoms with van der Waals surface area (Å²) >= 11 is 0. The number of allylic oxidation sites excluding steroid dienone is 1. The van der Waals surface area contributed by atoms with E-state index in [0.29, 0.717) is 12.0 Å². The Morgan fingerprint density at radius 2 is 1.80 bits per heavy atom. The Labute approximate surface area is 149 Å². The highest BCUT2D eigenvalue weighted by molar-refractivity contribution is 5.38. The molecule has 0 spiro atoms. The molecule has 0 aromatic heterocycles. The van der Waals surface area contributed by atoms with Crippen LogP contribution in [0.25, 0.3) is 0 Å². The molecule has 0 aliphatic heterocycles. The molecule has 0 saturated heterocycles. The van der Waals surface area contributed by atoms with Gasteiger partial charge in [-0.25, -0.2) is 8.78 Å².